The highest BCUT2D eigenvalue weighted by Crippen LogP contribution is 2.74. The average Bonchev–Trinajstić information content (AvgIpc) is 3.97. The lowest BCUT2D eigenvalue weighted by Crippen LogP contribution is -2.77. The molecule has 1 saturated carbocycles. The van der Waals surface area contributed by atoms with Gasteiger partial charge in [0.25, 0.3) is 0 Å². The molecule has 0 amide bonds. The molecule has 8 heterocycles. The van der Waals surface area contributed by atoms with E-state index < -0.39 is 12.2 Å². The van der Waals surface area contributed by atoms with Gasteiger partial charge in [0.15, 0.2) is 0 Å². The van der Waals surface area contributed by atoms with Crippen molar-refractivity contribution in [1.82, 2.24) is 9.80 Å². The van der Waals surface area contributed by atoms with Crippen molar-refractivity contribution in [3.8, 4) is 0 Å². The predicted octanol–water partition coefficient (Wildman–Crippen LogP) is 3.79. The van der Waals surface area contributed by atoms with E-state index in [4.69, 9.17) is 9.47 Å². The number of ether oxygens (including phenoxy) is 2. The van der Waals surface area contributed by atoms with Crippen LogP contribution in [0.15, 0.2) is 59.8 Å². The molecule has 0 bridgehead atoms. The lowest BCUT2D eigenvalue weighted by Gasteiger charge is -2.69. The van der Waals surface area contributed by atoms with Gasteiger partial charge in [-0.05, 0) is 87.2 Å². The summed E-state index contributed by atoms with van der Waals surface area (Å²) in [5, 5.41) is 27.3. The van der Waals surface area contributed by atoms with Crippen molar-refractivity contribution < 1.29 is 24.5 Å². The van der Waals surface area contributed by atoms with Crippen LogP contribution < -0.4 is 10.2 Å². The summed E-state index contributed by atoms with van der Waals surface area (Å²) in [7, 11) is 1.53. The molecule has 10 aliphatic rings. The molecular weight excluding hydrogens is 640 g/mol. The highest BCUT2D eigenvalue weighted by Gasteiger charge is 2.79. The first-order chi connectivity index (χ1) is 24.8. The molecule has 6 saturated heterocycles. The molecule has 9 nitrogen and oxygen atoms in total. The van der Waals surface area contributed by atoms with Crippen molar-refractivity contribution in [3.05, 3.63) is 70.9 Å². The van der Waals surface area contributed by atoms with Crippen LogP contribution in [0.5, 0.6) is 0 Å². The summed E-state index contributed by atoms with van der Waals surface area (Å²) < 4.78 is 12.8. The van der Waals surface area contributed by atoms with Crippen LogP contribution >= 0.6 is 0 Å². The predicted molar refractivity (Wildman–Crippen MR) is 191 cm³/mol. The molecule has 4 spiro atoms. The Morgan fingerprint density at radius 1 is 0.980 bits per heavy atom. The van der Waals surface area contributed by atoms with E-state index in [0.29, 0.717) is 31.5 Å². The third-order valence-corrected chi connectivity index (χ3v) is 17.0. The molecule has 2 aromatic rings. The molecular formula is C42H50N4O5. The molecule has 0 radical (unpaired) electrons. The minimum absolute atomic E-state index is 0.00268. The molecule has 12 rings (SSSR count). The van der Waals surface area contributed by atoms with Crippen LogP contribution in [-0.2, 0) is 25.1 Å². The number of nitrogens with zero attached hydrogens (tertiary/aromatic N) is 3. The van der Waals surface area contributed by atoms with Gasteiger partial charge < -0.3 is 29.9 Å². The number of hydrogen-bond acceptors (Lipinski definition) is 9. The number of methoxy groups -OCH3 is 1. The quantitative estimate of drug-likeness (QED) is 0.407. The molecule has 9 heteroatoms. The van der Waals surface area contributed by atoms with Crippen molar-refractivity contribution in [3.63, 3.8) is 0 Å². The van der Waals surface area contributed by atoms with Crippen LogP contribution in [0, 0.1) is 22.2 Å². The maximum Gasteiger partial charge on any atom is 0.335 e. The number of nitrogens with one attached hydrogen (secondary N) is 1. The molecule has 12 atom stereocenters. The molecule has 2 aliphatic carbocycles. The first kappa shape index (κ1) is 30.5. The van der Waals surface area contributed by atoms with Crippen molar-refractivity contribution in [1.29, 1.82) is 0 Å². The first-order valence-electron chi connectivity index (χ1n) is 19.8. The Hall–Kier alpha value is -2.95. The van der Waals surface area contributed by atoms with E-state index in [-0.39, 0.29) is 51.2 Å². The Labute approximate surface area is 299 Å². The molecule has 0 unspecified atom stereocenters. The zero-order chi connectivity index (χ0) is 34.3. The third-order valence-electron chi connectivity index (χ3n) is 17.0. The van der Waals surface area contributed by atoms with Gasteiger partial charge in [-0.2, -0.15) is 0 Å². The second kappa shape index (κ2) is 9.58. The van der Waals surface area contributed by atoms with Gasteiger partial charge >= 0.3 is 5.97 Å². The van der Waals surface area contributed by atoms with E-state index in [0.717, 1.165) is 81.7 Å². The fourth-order valence-corrected chi connectivity index (χ4v) is 16.2. The maximum atomic E-state index is 13.9. The maximum absolute atomic E-state index is 13.9. The van der Waals surface area contributed by atoms with Gasteiger partial charge in [0.1, 0.15) is 0 Å². The smallest absolute Gasteiger partial charge is 0.335 e. The number of carbonyl (C=O) groups is 1. The largest absolute Gasteiger partial charge is 0.466 e. The molecule has 3 N–H and O–H groups in total. The number of rotatable bonds is 2. The van der Waals surface area contributed by atoms with Gasteiger partial charge in [0.05, 0.1) is 36.4 Å². The summed E-state index contributed by atoms with van der Waals surface area (Å²) in [5.41, 5.74) is 6.08. The highest BCUT2D eigenvalue weighted by molar-refractivity contribution is 5.93. The number of hydrogen-bond donors (Lipinski definition) is 3. The number of benzene rings is 2. The van der Waals surface area contributed by atoms with Crippen molar-refractivity contribution >= 4 is 17.3 Å². The fraction of sp³-hybridized carbons (Fsp3) is 0.643. The summed E-state index contributed by atoms with van der Waals surface area (Å²) in [6.45, 7) is 7.42. The number of piperidine rings is 3. The number of fused-ring (bicyclic) bond motifs is 4. The van der Waals surface area contributed by atoms with Crippen LogP contribution in [0.3, 0.4) is 0 Å². The summed E-state index contributed by atoms with van der Waals surface area (Å²) in [4.78, 5) is 22.1. The Balaban J connectivity index is 1.04. The topological polar surface area (TPSA) is 97.7 Å². The third kappa shape index (κ3) is 3.15. The molecule has 51 heavy (non-hydrogen) atoms. The Kier molecular flexibility index (Phi) is 5.73. The molecule has 268 valence electrons. The van der Waals surface area contributed by atoms with Gasteiger partial charge in [0, 0.05) is 83.1 Å². The summed E-state index contributed by atoms with van der Waals surface area (Å²) in [6, 6.07) is 18.8. The van der Waals surface area contributed by atoms with E-state index in [1.807, 2.05) is 0 Å². The van der Waals surface area contributed by atoms with Crippen LogP contribution in [-0.4, -0.2) is 109 Å². The second-order valence-corrected chi connectivity index (χ2v) is 18.4. The first-order valence-corrected chi connectivity index (χ1v) is 19.8. The number of aliphatic hydroxyl groups is 2. The summed E-state index contributed by atoms with van der Waals surface area (Å²) in [6.07, 6.45) is 5.02. The zero-order valence-corrected chi connectivity index (χ0v) is 29.8. The Morgan fingerprint density at radius 2 is 1.78 bits per heavy atom. The van der Waals surface area contributed by atoms with Gasteiger partial charge in [-0.1, -0.05) is 43.3 Å². The van der Waals surface area contributed by atoms with Gasteiger partial charge in [-0.3, -0.25) is 9.80 Å². The van der Waals surface area contributed by atoms with Gasteiger partial charge in [-0.15, -0.1) is 0 Å². The van der Waals surface area contributed by atoms with Crippen LogP contribution in [0.4, 0.5) is 11.4 Å². The monoisotopic (exact) mass is 690 g/mol. The van der Waals surface area contributed by atoms with Crippen LogP contribution in [0.25, 0.3) is 0 Å². The summed E-state index contributed by atoms with van der Waals surface area (Å²) >= 11 is 0. The Bertz CT molecular complexity index is 1940. The molecule has 7 fully saturated rings. The Morgan fingerprint density at radius 3 is 2.63 bits per heavy atom. The van der Waals surface area contributed by atoms with E-state index in [1.165, 1.54) is 23.9 Å². The number of carbonyl (C=O) groups excluding carboxylic acids is 1. The molecule has 8 aliphatic heterocycles. The van der Waals surface area contributed by atoms with E-state index in [2.05, 4.69) is 75.5 Å². The normalized spacial score (nSPS) is 48.0. The SMILES string of the molecule is CC[C@@]12C[C@H]3C[C@]4(CN5CC[C@]67C(=C(C(=O)OC)C[C@@]8(CCO[C@@H]48)[C@H]56)Nc4ccccc47)CN4c5ccccc5[C@@]5(CCN(C[C@H](O)[C@H]1O)[C@@H]25)[C@H]34. The van der Waals surface area contributed by atoms with Gasteiger partial charge in [-0.25, -0.2) is 4.79 Å². The molecule has 0 aromatic heterocycles. The summed E-state index contributed by atoms with van der Waals surface area (Å²) in [5.74, 6) is 0.138. The minimum atomic E-state index is -0.735. The average molecular weight is 691 g/mol. The number of aliphatic hydroxyl groups excluding tert-OH is 2. The van der Waals surface area contributed by atoms with Crippen LogP contribution in [0.2, 0.25) is 0 Å². The van der Waals surface area contributed by atoms with E-state index in [1.54, 1.807) is 0 Å². The molecule has 2 aromatic carbocycles. The zero-order valence-electron chi connectivity index (χ0n) is 29.8. The number of anilines is 2. The standard InChI is InChI=1S/C42H50N4O5/c1-3-39-19-24-18-38(23-46-29-11-7-5-9-27(29)42(32(24)46)13-15-44(35(39)42)21-30(47)33(39)48)22-45-16-12-41-26-8-4-6-10-28(26)43-31(41)25(34(49)50-2)20-40(36(41)45)14-17-51-37(38)40/h4-11,24,30,32-33,35-37,43,47-48H,3,12-23H2,1-2H3/t24-,30+,32+,33-,35+,36+,37+,38+,39-,40+,41+,42+/m1/s1. The fourth-order valence-electron chi connectivity index (χ4n) is 16.2. The lowest BCUT2D eigenvalue weighted by molar-refractivity contribution is -0.200. The van der Waals surface area contributed by atoms with Crippen molar-refractivity contribution in [2.45, 2.75) is 99.1 Å². The lowest BCUT2D eigenvalue weighted by atomic mass is 9.44. The van der Waals surface area contributed by atoms with Gasteiger partial charge in [0.2, 0.25) is 0 Å². The highest BCUT2D eigenvalue weighted by atomic mass is 16.5. The van der Waals surface area contributed by atoms with E-state index in [9.17, 15) is 15.0 Å². The van der Waals surface area contributed by atoms with Crippen LogP contribution in [0.1, 0.15) is 63.0 Å². The minimum Gasteiger partial charge on any atom is -0.466 e. The number of esters is 1. The van der Waals surface area contributed by atoms with Crippen molar-refractivity contribution in [2.75, 3.05) is 56.7 Å². The van der Waals surface area contributed by atoms with E-state index >= 15 is 0 Å². The number of para-hydroxylation sites is 2. The second-order valence-electron chi connectivity index (χ2n) is 18.4. The van der Waals surface area contributed by atoms with Crippen molar-refractivity contribution in [2.24, 2.45) is 22.2 Å².